The van der Waals surface area contributed by atoms with Crippen molar-refractivity contribution in [1.29, 1.82) is 5.41 Å². The van der Waals surface area contributed by atoms with Gasteiger partial charge in [-0.1, -0.05) is 18.2 Å². The number of esters is 1. The number of hydrogen-bond donors (Lipinski definition) is 2. The molecule has 38 heavy (non-hydrogen) atoms. The molecule has 2 aromatic rings. The van der Waals surface area contributed by atoms with E-state index in [0.717, 1.165) is 50.4 Å². The molecule has 3 N–H and O–H groups in total. The van der Waals surface area contributed by atoms with Gasteiger partial charge in [-0.25, -0.2) is 8.42 Å². The van der Waals surface area contributed by atoms with E-state index in [0.29, 0.717) is 24.5 Å². The quantitative estimate of drug-likeness (QED) is 0.267. The van der Waals surface area contributed by atoms with Gasteiger partial charge in [0.25, 0.3) is 0 Å². The fraction of sp³-hybridized carbons (Fsp3) is 0.500. The molecule has 0 spiro atoms. The molecule has 2 saturated heterocycles. The Balaban J connectivity index is 1.41. The summed E-state index contributed by atoms with van der Waals surface area (Å²) in [5.74, 6) is 0.0634. The zero-order chi connectivity index (χ0) is 27.1. The van der Waals surface area contributed by atoms with Crippen LogP contribution in [0.3, 0.4) is 0 Å². The van der Waals surface area contributed by atoms with Crippen LogP contribution < -0.4 is 10.6 Å². The summed E-state index contributed by atoms with van der Waals surface area (Å²) in [5.41, 5.74) is 7.42. The maximum absolute atomic E-state index is 13.0. The number of nitrogens with one attached hydrogen (secondary N) is 1. The lowest BCUT2D eigenvalue weighted by Crippen LogP contribution is -2.57. The molecule has 0 amide bonds. The van der Waals surface area contributed by atoms with Gasteiger partial charge in [-0.2, -0.15) is 0 Å². The first-order chi connectivity index (χ1) is 18.3. The number of hydrogen-bond acceptors (Lipinski definition) is 8. The van der Waals surface area contributed by atoms with Crippen LogP contribution in [0, 0.1) is 11.3 Å². The molecule has 0 saturated carbocycles. The number of benzene rings is 2. The van der Waals surface area contributed by atoms with Crippen molar-refractivity contribution in [3.8, 4) is 0 Å². The summed E-state index contributed by atoms with van der Waals surface area (Å²) in [5, 5.41) is 7.59. The summed E-state index contributed by atoms with van der Waals surface area (Å²) in [6.45, 7) is 7.40. The minimum atomic E-state index is -3.38. The molecular formula is C28H39N5O4S. The van der Waals surface area contributed by atoms with Crippen LogP contribution in [0.25, 0.3) is 0 Å². The summed E-state index contributed by atoms with van der Waals surface area (Å²) in [4.78, 5) is 19.5. The highest BCUT2D eigenvalue weighted by atomic mass is 32.2. The average molecular weight is 542 g/mol. The molecule has 0 bridgehead atoms. The minimum absolute atomic E-state index is 0.0657. The second kappa shape index (κ2) is 12.7. The minimum Gasteiger partial charge on any atom is -0.465 e. The topological polar surface area (TPSA) is 120 Å². The lowest BCUT2D eigenvalue weighted by atomic mass is 9.88. The highest BCUT2D eigenvalue weighted by Gasteiger charge is 2.36. The number of ether oxygens (including phenoxy) is 1. The first kappa shape index (κ1) is 28.1. The lowest BCUT2D eigenvalue weighted by molar-refractivity contribution is -0.145. The van der Waals surface area contributed by atoms with Crippen LogP contribution in [-0.2, 0) is 19.4 Å². The molecule has 4 rings (SSSR count). The van der Waals surface area contributed by atoms with Crippen LogP contribution in [0.4, 0.5) is 5.69 Å². The van der Waals surface area contributed by atoms with Gasteiger partial charge < -0.3 is 15.4 Å². The molecule has 2 aliphatic rings. The number of likely N-dealkylation sites (tertiary alicyclic amines) is 1. The van der Waals surface area contributed by atoms with Gasteiger partial charge in [-0.3, -0.25) is 20.0 Å². The summed E-state index contributed by atoms with van der Waals surface area (Å²) in [6, 6.07) is 16.7. The molecule has 2 unspecified atom stereocenters. The van der Waals surface area contributed by atoms with Crippen molar-refractivity contribution in [2.45, 2.75) is 30.7 Å². The van der Waals surface area contributed by atoms with Gasteiger partial charge in [0.05, 0.1) is 23.8 Å². The van der Waals surface area contributed by atoms with Gasteiger partial charge in [0, 0.05) is 56.6 Å². The third-order valence-electron chi connectivity index (χ3n) is 7.62. The number of amidine groups is 1. The van der Waals surface area contributed by atoms with E-state index in [1.807, 2.05) is 30.3 Å². The number of piperazine rings is 1. The van der Waals surface area contributed by atoms with Crippen molar-refractivity contribution in [2.24, 2.45) is 11.7 Å². The van der Waals surface area contributed by atoms with Crippen molar-refractivity contribution in [1.82, 2.24) is 9.80 Å². The van der Waals surface area contributed by atoms with Gasteiger partial charge >= 0.3 is 5.97 Å². The first-order valence-corrected chi connectivity index (χ1v) is 15.0. The zero-order valence-electron chi connectivity index (χ0n) is 22.1. The van der Waals surface area contributed by atoms with E-state index in [9.17, 15) is 13.2 Å². The maximum atomic E-state index is 13.0. The molecular weight excluding hydrogens is 502 g/mol. The van der Waals surface area contributed by atoms with Gasteiger partial charge in [0.1, 0.15) is 5.84 Å². The Kier molecular flexibility index (Phi) is 9.40. The van der Waals surface area contributed by atoms with Crippen LogP contribution in [0.15, 0.2) is 59.5 Å². The van der Waals surface area contributed by atoms with Crippen LogP contribution in [0.2, 0.25) is 0 Å². The van der Waals surface area contributed by atoms with Gasteiger partial charge in [-0.15, -0.1) is 0 Å². The number of piperidine rings is 1. The van der Waals surface area contributed by atoms with Crippen molar-refractivity contribution >= 4 is 27.3 Å². The van der Waals surface area contributed by atoms with Crippen molar-refractivity contribution < 1.29 is 17.9 Å². The summed E-state index contributed by atoms with van der Waals surface area (Å²) in [6.07, 6.45) is 1.44. The van der Waals surface area contributed by atoms with Crippen LogP contribution in [0.5, 0.6) is 0 Å². The Morgan fingerprint density at radius 1 is 1.03 bits per heavy atom. The molecule has 0 aliphatic carbocycles. The SMILES string of the molecule is CCOC(=O)CN1CCC(N2CCN(c3ccc(C(=N)N)cc3)CC2)C(CCS(=O)(=O)c2ccccc2)C1. The standard InChI is InChI=1S/C28H39N5O4S/c1-2-37-27(34)21-31-14-12-26(23(20-31)13-19-38(35,36)25-6-4-3-5-7-25)33-17-15-32(16-18-33)24-10-8-22(9-11-24)28(29)30/h3-11,23,26H,2,12-21H2,1H3,(H3,29,30). The fourth-order valence-electron chi connectivity index (χ4n) is 5.61. The second-order valence-electron chi connectivity index (χ2n) is 10.1. The van der Waals surface area contributed by atoms with Gasteiger partial charge in [0.15, 0.2) is 9.84 Å². The smallest absolute Gasteiger partial charge is 0.320 e. The number of carbonyl (C=O) groups is 1. The predicted molar refractivity (Wildman–Crippen MR) is 149 cm³/mol. The summed E-state index contributed by atoms with van der Waals surface area (Å²) < 4.78 is 31.2. The highest BCUT2D eigenvalue weighted by Crippen LogP contribution is 2.29. The Hall–Kier alpha value is -2.95. The first-order valence-electron chi connectivity index (χ1n) is 13.4. The zero-order valence-corrected chi connectivity index (χ0v) is 22.9. The summed E-state index contributed by atoms with van der Waals surface area (Å²) >= 11 is 0. The number of nitrogen functional groups attached to an aromatic ring is 1. The number of sulfone groups is 1. The summed E-state index contributed by atoms with van der Waals surface area (Å²) in [7, 11) is -3.38. The normalized spacial score (nSPS) is 21.2. The highest BCUT2D eigenvalue weighted by molar-refractivity contribution is 7.91. The molecule has 2 aliphatic heterocycles. The third-order valence-corrected chi connectivity index (χ3v) is 9.39. The Morgan fingerprint density at radius 2 is 1.71 bits per heavy atom. The van der Waals surface area contributed by atoms with E-state index in [1.54, 1.807) is 31.2 Å². The number of anilines is 1. The van der Waals surface area contributed by atoms with E-state index in [2.05, 4.69) is 14.7 Å². The fourth-order valence-corrected chi connectivity index (χ4v) is 7.03. The molecule has 2 aromatic carbocycles. The number of rotatable bonds is 10. The van der Waals surface area contributed by atoms with E-state index >= 15 is 0 Å². The van der Waals surface area contributed by atoms with Crippen LogP contribution in [-0.4, -0.2) is 94.2 Å². The monoisotopic (exact) mass is 541 g/mol. The molecule has 0 aromatic heterocycles. The third kappa shape index (κ3) is 7.12. The average Bonchev–Trinajstić information content (AvgIpc) is 2.93. The number of carbonyl (C=O) groups excluding carboxylic acids is 1. The van der Waals surface area contributed by atoms with Crippen LogP contribution >= 0.6 is 0 Å². The van der Waals surface area contributed by atoms with Gasteiger partial charge in [-0.05, 0) is 62.1 Å². The number of nitrogens with two attached hydrogens (primary N) is 1. The number of nitrogens with zero attached hydrogens (tertiary/aromatic N) is 3. The predicted octanol–water partition coefficient (Wildman–Crippen LogP) is 2.21. The molecule has 2 atom stereocenters. The van der Waals surface area contributed by atoms with E-state index < -0.39 is 9.84 Å². The van der Waals surface area contributed by atoms with Gasteiger partial charge in [0.2, 0.25) is 0 Å². The van der Waals surface area contributed by atoms with E-state index in [4.69, 9.17) is 15.9 Å². The van der Waals surface area contributed by atoms with Crippen molar-refractivity contribution in [2.75, 3.05) is 63.1 Å². The molecule has 9 nitrogen and oxygen atoms in total. The Morgan fingerprint density at radius 3 is 2.34 bits per heavy atom. The molecule has 206 valence electrons. The molecule has 0 radical (unpaired) electrons. The second-order valence-corrected chi connectivity index (χ2v) is 12.2. The molecule has 2 heterocycles. The molecule has 2 fully saturated rings. The lowest BCUT2D eigenvalue weighted by Gasteiger charge is -2.47. The van der Waals surface area contributed by atoms with Crippen LogP contribution in [0.1, 0.15) is 25.3 Å². The van der Waals surface area contributed by atoms with Crippen molar-refractivity contribution in [3.63, 3.8) is 0 Å². The Bertz CT molecular complexity index is 1180. The van der Waals surface area contributed by atoms with E-state index in [1.165, 1.54) is 0 Å². The largest absolute Gasteiger partial charge is 0.465 e. The van der Waals surface area contributed by atoms with E-state index in [-0.39, 0.29) is 36.1 Å². The molecule has 10 heteroatoms. The Labute approximate surface area is 226 Å². The maximum Gasteiger partial charge on any atom is 0.320 e. The van der Waals surface area contributed by atoms with Crippen molar-refractivity contribution in [3.05, 3.63) is 60.2 Å².